The summed E-state index contributed by atoms with van der Waals surface area (Å²) in [5, 5.41) is 23.2. The van der Waals surface area contributed by atoms with Crippen LogP contribution in [-0.4, -0.2) is 57.8 Å². The molecular formula is C24H28O9. The minimum absolute atomic E-state index is 0.123. The van der Waals surface area contributed by atoms with Gasteiger partial charge in [0.25, 0.3) is 5.60 Å². The number of fused-ring (bicyclic) bond motifs is 5. The van der Waals surface area contributed by atoms with Gasteiger partial charge >= 0.3 is 11.9 Å². The fourth-order valence-corrected chi connectivity index (χ4v) is 6.88. The van der Waals surface area contributed by atoms with E-state index >= 15 is 0 Å². The molecule has 6 unspecified atom stereocenters. The number of carbonyl (C=O) groups is 5. The molecule has 1 saturated heterocycles. The molecule has 9 heteroatoms. The van der Waals surface area contributed by atoms with Crippen LogP contribution in [0.4, 0.5) is 0 Å². The maximum Gasteiger partial charge on any atom is 0.358 e. The highest BCUT2D eigenvalue weighted by Gasteiger charge is 2.80. The third-order valence-corrected chi connectivity index (χ3v) is 9.07. The van der Waals surface area contributed by atoms with E-state index in [9.17, 15) is 34.2 Å². The van der Waals surface area contributed by atoms with Crippen molar-refractivity contribution in [2.45, 2.75) is 64.6 Å². The van der Waals surface area contributed by atoms with Crippen molar-refractivity contribution in [2.75, 3.05) is 7.11 Å². The highest BCUT2D eigenvalue weighted by molar-refractivity contribution is 6.17. The zero-order valence-electron chi connectivity index (χ0n) is 19.4. The van der Waals surface area contributed by atoms with Crippen LogP contribution < -0.4 is 0 Å². The summed E-state index contributed by atoms with van der Waals surface area (Å²) in [6.07, 6.45) is -0.174. The first-order chi connectivity index (χ1) is 15.1. The highest BCUT2D eigenvalue weighted by atomic mass is 16.6. The van der Waals surface area contributed by atoms with E-state index < -0.39 is 62.6 Å². The van der Waals surface area contributed by atoms with Crippen LogP contribution in [0.25, 0.3) is 0 Å². The van der Waals surface area contributed by atoms with E-state index in [1.54, 1.807) is 6.92 Å². The Labute approximate surface area is 190 Å². The van der Waals surface area contributed by atoms with Gasteiger partial charge in [0.05, 0.1) is 29.5 Å². The van der Waals surface area contributed by atoms with Crippen molar-refractivity contribution in [3.05, 3.63) is 23.5 Å². The number of rotatable bonds is 1. The largest absolute Gasteiger partial charge is 0.504 e. The predicted molar refractivity (Wildman–Crippen MR) is 112 cm³/mol. The van der Waals surface area contributed by atoms with Gasteiger partial charge in [0, 0.05) is 18.3 Å². The van der Waals surface area contributed by atoms with Crippen molar-refractivity contribution in [2.24, 2.45) is 22.2 Å². The lowest BCUT2D eigenvalue weighted by molar-refractivity contribution is -0.239. The van der Waals surface area contributed by atoms with E-state index in [2.05, 4.69) is 6.58 Å². The van der Waals surface area contributed by atoms with Gasteiger partial charge < -0.3 is 19.7 Å². The molecule has 9 nitrogen and oxygen atoms in total. The summed E-state index contributed by atoms with van der Waals surface area (Å²) < 4.78 is 10.0. The van der Waals surface area contributed by atoms with Crippen LogP contribution in [0.15, 0.2) is 23.5 Å². The number of cyclic esters (lactones) is 1. The zero-order valence-corrected chi connectivity index (χ0v) is 19.4. The monoisotopic (exact) mass is 460 g/mol. The van der Waals surface area contributed by atoms with Gasteiger partial charge in [-0.25, -0.2) is 4.79 Å². The summed E-state index contributed by atoms with van der Waals surface area (Å²) in [6.45, 7) is 9.53. The van der Waals surface area contributed by atoms with E-state index in [4.69, 9.17) is 9.47 Å². The van der Waals surface area contributed by atoms with Crippen LogP contribution in [0.1, 0.15) is 53.4 Å². The molecule has 0 radical (unpaired) electrons. The van der Waals surface area contributed by atoms with Gasteiger partial charge in [0.2, 0.25) is 5.78 Å². The Balaban J connectivity index is 2.01. The molecule has 178 valence electrons. The lowest BCUT2D eigenvalue weighted by atomic mass is 9.37. The lowest BCUT2D eigenvalue weighted by Crippen LogP contribution is -2.77. The van der Waals surface area contributed by atoms with Crippen molar-refractivity contribution in [3.8, 4) is 0 Å². The van der Waals surface area contributed by atoms with Crippen LogP contribution in [0.5, 0.6) is 0 Å². The second kappa shape index (κ2) is 6.40. The maximum absolute atomic E-state index is 13.7. The van der Waals surface area contributed by atoms with Gasteiger partial charge in [-0.05, 0) is 39.2 Å². The van der Waals surface area contributed by atoms with Crippen molar-refractivity contribution < 1.29 is 43.7 Å². The first-order valence-electron chi connectivity index (χ1n) is 10.8. The molecule has 0 spiro atoms. The van der Waals surface area contributed by atoms with Crippen molar-refractivity contribution >= 4 is 29.3 Å². The minimum atomic E-state index is -2.26. The standard InChI is InChI=1S/C24H28O9/c1-11-10-24(31)20(2)8-7-12(25)9-13(20)14(26)16(27)22(24,4)15-17(28)33-23(5,19(30)32-6)18(29)21(11,15)3/h15,26,31H,1,7-10H2,2-6H3. The Morgan fingerprint density at radius 2 is 1.76 bits per heavy atom. The molecule has 2 N–H and O–H groups in total. The summed E-state index contributed by atoms with van der Waals surface area (Å²) in [6, 6.07) is 0. The van der Waals surface area contributed by atoms with E-state index in [1.165, 1.54) is 13.8 Å². The number of methoxy groups -OCH3 is 1. The molecule has 0 aromatic carbocycles. The highest BCUT2D eigenvalue weighted by Crippen LogP contribution is 2.70. The molecule has 1 heterocycles. The Kier molecular flexibility index (Phi) is 4.53. The quantitative estimate of drug-likeness (QED) is 0.338. The van der Waals surface area contributed by atoms with Crippen molar-refractivity contribution in [1.82, 2.24) is 0 Å². The molecule has 0 aromatic heterocycles. The molecule has 6 atom stereocenters. The number of ketones is 3. The lowest BCUT2D eigenvalue weighted by Gasteiger charge is -2.67. The Hall–Kier alpha value is -2.81. The summed E-state index contributed by atoms with van der Waals surface area (Å²) in [7, 11) is 1.05. The summed E-state index contributed by atoms with van der Waals surface area (Å²) >= 11 is 0. The van der Waals surface area contributed by atoms with Gasteiger partial charge in [-0.3, -0.25) is 19.2 Å². The molecule has 0 amide bonds. The smallest absolute Gasteiger partial charge is 0.358 e. The van der Waals surface area contributed by atoms with Gasteiger partial charge in [-0.15, -0.1) is 0 Å². The maximum atomic E-state index is 13.7. The number of ether oxygens (including phenoxy) is 2. The predicted octanol–water partition coefficient (Wildman–Crippen LogP) is 1.52. The number of aliphatic hydroxyl groups excluding tert-OH is 1. The SMILES string of the molecule is C=C1CC2(O)C3(C)CCC(=O)CC3=C(O)C(=O)C2(C)C2C(=O)OC(C)(C(=O)OC)C(=O)C12C. The zero-order chi connectivity index (χ0) is 24.9. The van der Waals surface area contributed by atoms with Crippen LogP contribution in [0.2, 0.25) is 0 Å². The summed E-state index contributed by atoms with van der Waals surface area (Å²) in [5.41, 5.74) is -8.88. The van der Waals surface area contributed by atoms with Crippen LogP contribution in [0.3, 0.4) is 0 Å². The van der Waals surface area contributed by atoms with E-state index in [-0.39, 0.29) is 42.6 Å². The average Bonchev–Trinajstić information content (AvgIpc) is 2.75. The molecule has 0 bridgehead atoms. The first-order valence-corrected chi connectivity index (χ1v) is 10.8. The molecule has 4 rings (SSSR count). The number of Topliss-reactive ketones (excluding diaryl/α,β-unsaturated/α-hetero) is 3. The molecule has 1 aliphatic heterocycles. The first kappa shape index (κ1) is 23.4. The fraction of sp³-hybridized carbons (Fsp3) is 0.625. The van der Waals surface area contributed by atoms with Gasteiger partial charge in [-0.2, -0.15) is 0 Å². The fourth-order valence-electron chi connectivity index (χ4n) is 6.88. The van der Waals surface area contributed by atoms with Gasteiger partial charge in [-0.1, -0.05) is 19.1 Å². The minimum Gasteiger partial charge on any atom is -0.504 e. The summed E-state index contributed by atoms with van der Waals surface area (Å²) in [5.74, 6) is -6.28. The third-order valence-electron chi connectivity index (χ3n) is 9.07. The van der Waals surface area contributed by atoms with E-state index in [0.717, 1.165) is 14.0 Å². The van der Waals surface area contributed by atoms with Crippen LogP contribution >= 0.6 is 0 Å². The number of hydrogen-bond acceptors (Lipinski definition) is 9. The number of aliphatic hydroxyl groups is 2. The molecule has 4 aliphatic rings. The molecule has 0 aromatic rings. The summed E-state index contributed by atoms with van der Waals surface area (Å²) in [4.78, 5) is 65.5. The Morgan fingerprint density at radius 3 is 2.33 bits per heavy atom. The second-order valence-corrected chi connectivity index (χ2v) is 10.5. The van der Waals surface area contributed by atoms with E-state index in [0.29, 0.717) is 0 Å². The van der Waals surface area contributed by atoms with Crippen molar-refractivity contribution in [3.63, 3.8) is 0 Å². The van der Waals surface area contributed by atoms with E-state index in [1.807, 2.05) is 0 Å². The topological polar surface area (TPSA) is 144 Å². The van der Waals surface area contributed by atoms with Crippen LogP contribution in [-0.2, 0) is 33.4 Å². The van der Waals surface area contributed by atoms with Crippen molar-refractivity contribution in [1.29, 1.82) is 0 Å². The van der Waals surface area contributed by atoms with Gasteiger partial charge in [0.1, 0.15) is 5.78 Å². The number of allylic oxidation sites excluding steroid dienone is 1. The average molecular weight is 460 g/mol. The molecule has 3 fully saturated rings. The molecule has 3 aliphatic carbocycles. The number of carbonyl (C=O) groups excluding carboxylic acids is 5. The molecule has 2 saturated carbocycles. The molecule has 33 heavy (non-hydrogen) atoms. The normalized spacial score (nSPS) is 45.2. The Morgan fingerprint density at radius 1 is 1.15 bits per heavy atom. The molecular weight excluding hydrogens is 432 g/mol. The Bertz CT molecular complexity index is 1100. The second-order valence-electron chi connectivity index (χ2n) is 10.5. The third kappa shape index (κ3) is 2.28. The number of esters is 2. The van der Waals surface area contributed by atoms with Gasteiger partial charge in [0.15, 0.2) is 11.5 Å². The number of hydrogen-bond donors (Lipinski definition) is 2. The van der Waals surface area contributed by atoms with Crippen LogP contribution in [0, 0.1) is 22.2 Å².